The average molecular weight is 739 g/mol. The molecule has 1 amide bonds. The number of nitrogens with two attached hydrogens (primary N) is 1. The Labute approximate surface area is 302 Å². The van der Waals surface area contributed by atoms with Crippen LogP contribution in [0.15, 0.2) is 18.2 Å². The molecule has 1 spiro atoms. The Morgan fingerprint density at radius 2 is 1.98 bits per heavy atom. The van der Waals surface area contributed by atoms with Gasteiger partial charge >= 0.3 is 6.01 Å². The molecule has 0 unspecified atom stereocenters. The summed E-state index contributed by atoms with van der Waals surface area (Å²) >= 11 is 7.83. The number of hydrogen-bond donors (Lipinski definition) is 1. The van der Waals surface area contributed by atoms with Crippen LogP contribution in [0.4, 0.5) is 24.0 Å². The third kappa shape index (κ3) is 5.73. The van der Waals surface area contributed by atoms with Crippen LogP contribution in [0, 0.1) is 28.4 Å². The van der Waals surface area contributed by atoms with Crippen molar-refractivity contribution in [3.8, 4) is 23.2 Å². The third-order valence-corrected chi connectivity index (χ3v) is 12.4. The van der Waals surface area contributed by atoms with E-state index in [1.807, 2.05) is 30.0 Å². The first kappa shape index (κ1) is 34.2. The summed E-state index contributed by atoms with van der Waals surface area (Å²) in [5.41, 5.74) is 5.66. The number of benzene rings is 2. The average Bonchev–Trinajstić information content (AvgIpc) is 3.72. The predicted molar refractivity (Wildman–Crippen MR) is 192 cm³/mol. The number of hydrogen-bond acceptors (Lipinski definition) is 10. The highest BCUT2D eigenvalue weighted by atomic mass is 35.5. The van der Waals surface area contributed by atoms with Crippen LogP contribution in [0.3, 0.4) is 0 Å². The molecular formula is C36H38ClF3N8O2S. The number of aromatic nitrogens is 2. The van der Waals surface area contributed by atoms with Crippen LogP contribution in [0.5, 0.6) is 6.01 Å². The number of rotatable bonds is 7. The molecule has 2 aromatic carbocycles. The van der Waals surface area contributed by atoms with Crippen LogP contribution in [0.25, 0.3) is 32.1 Å². The monoisotopic (exact) mass is 738 g/mol. The van der Waals surface area contributed by atoms with E-state index >= 15 is 4.39 Å². The Morgan fingerprint density at radius 3 is 2.75 bits per heavy atom. The van der Waals surface area contributed by atoms with Gasteiger partial charge in [0.1, 0.15) is 41.0 Å². The summed E-state index contributed by atoms with van der Waals surface area (Å²) in [5.74, 6) is -0.813. The maximum absolute atomic E-state index is 17.1. The van der Waals surface area contributed by atoms with Gasteiger partial charge in [0.15, 0.2) is 5.82 Å². The number of amides is 1. The highest BCUT2D eigenvalue weighted by Gasteiger charge is 2.50. The van der Waals surface area contributed by atoms with E-state index in [9.17, 15) is 18.8 Å². The summed E-state index contributed by atoms with van der Waals surface area (Å²) < 4.78 is 53.1. The van der Waals surface area contributed by atoms with E-state index in [0.717, 1.165) is 43.6 Å². The number of piperidine rings is 1. The zero-order valence-corrected chi connectivity index (χ0v) is 30.0. The van der Waals surface area contributed by atoms with Gasteiger partial charge in [-0.25, -0.2) is 13.2 Å². The van der Waals surface area contributed by atoms with E-state index in [1.54, 1.807) is 6.07 Å². The fraction of sp³-hybridized carbons (Fsp3) is 0.500. The molecule has 15 heteroatoms. The SMILES string of the molecule is CN(C)CC(=O)N1CC2(CCCN(c3nc(OC[C@@]45CCCN4C[C@H](F)C5)nc4c(F)c(-c5ccc(F)c6sc(N)c(C#N)c56)c(Cl)cc34)C2)C1. The van der Waals surface area contributed by atoms with Crippen molar-refractivity contribution < 1.29 is 22.7 Å². The van der Waals surface area contributed by atoms with Crippen molar-refractivity contribution in [2.24, 2.45) is 5.41 Å². The number of carbonyl (C=O) groups is 1. The normalized spacial score (nSPS) is 23.0. The summed E-state index contributed by atoms with van der Waals surface area (Å²) in [7, 11) is 3.74. The Kier molecular flexibility index (Phi) is 8.48. The van der Waals surface area contributed by atoms with E-state index in [1.165, 1.54) is 12.1 Å². The van der Waals surface area contributed by atoms with Crippen LogP contribution in [0.2, 0.25) is 5.02 Å². The number of nitrogen functional groups attached to an aromatic ring is 1. The molecule has 8 rings (SSSR count). The number of nitrogens with zero attached hydrogens (tertiary/aromatic N) is 7. The van der Waals surface area contributed by atoms with Gasteiger partial charge in [0, 0.05) is 60.9 Å². The van der Waals surface area contributed by atoms with Gasteiger partial charge in [0.25, 0.3) is 0 Å². The standard InChI is InChI=1S/C36H38ClF3N8O2S/c1-45(2)15-26(49)47-17-35(18-47)7-3-9-46(16-35)33-22-11-24(37)28(21-5-6-25(39)31-27(21)23(13-41)32(42)51-31)29(40)30(22)43-34(44-33)50-19-36-8-4-10-48(36)14-20(38)12-36/h5-6,11,20H,3-4,7-10,12,14-19,42H2,1-2H3/t20-,36+/m1/s1. The van der Waals surface area contributed by atoms with Gasteiger partial charge in [0.2, 0.25) is 5.91 Å². The molecule has 4 aliphatic rings. The van der Waals surface area contributed by atoms with Gasteiger partial charge in [-0.2, -0.15) is 15.2 Å². The Morgan fingerprint density at radius 1 is 1.20 bits per heavy atom. The van der Waals surface area contributed by atoms with Gasteiger partial charge in [-0.15, -0.1) is 11.3 Å². The lowest BCUT2D eigenvalue weighted by Gasteiger charge is -2.55. The van der Waals surface area contributed by atoms with Crippen molar-refractivity contribution in [2.45, 2.75) is 43.8 Å². The maximum atomic E-state index is 17.1. The fourth-order valence-electron chi connectivity index (χ4n) is 8.83. The number of fused-ring (bicyclic) bond motifs is 3. The molecular weight excluding hydrogens is 701 g/mol. The van der Waals surface area contributed by atoms with Gasteiger partial charge in [-0.3, -0.25) is 9.69 Å². The van der Waals surface area contributed by atoms with Gasteiger partial charge in [-0.05, 0) is 64.0 Å². The van der Waals surface area contributed by atoms with Gasteiger partial charge < -0.3 is 25.2 Å². The maximum Gasteiger partial charge on any atom is 0.319 e. The minimum atomic E-state index is -0.947. The van der Waals surface area contributed by atoms with Gasteiger partial charge in [-0.1, -0.05) is 17.7 Å². The summed E-state index contributed by atoms with van der Waals surface area (Å²) in [6.45, 7) is 4.12. The lowest BCUT2D eigenvalue weighted by atomic mass is 9.73. The topological polar surface area (TPSA) is 115 Å². The molecule has 2 atom stereocenters. The number of likely N-dealkylation sites (N-methyl/N-ethyl adjacent to an activating group) is 1. The van der Waals surface area contributed by atoms with Crippen LogP contribution in [-0.2, 0) is 4.79 Å². The molecule has 6 heterocycles. The summed E-state index contributed by atoms with van der Waals surface area (Å²) in [6.07, 6.45) is 2.90. The van der Waals surface area contributed by atoms with Crippen molar-refractivity contribution >= 4 is 60.7 Å². The van der Waals surface area contributed by atoms with Crippen molar-refractivity contribution in [3.05, 3.63) is 40.4 Å². The molecule has 51 heavy (non-hydrogen) atoms. The summed E-state index contributed by atoms with van der Waals surface area (Å²) in [5, 5.41) is 10.6. The number of alkyl halides is 1. The number of halogens is 4. The Hall–Kier alpha value is -3.90. The largest absolute Gasteiger partial charge is 0.461 e. The number of anilines is 2. The molecule has 0 radical (unpaired) electrons. The number of nitriles is 1. The van der Waals surface area contributed by atoms with Crippen molar-refractivity contribution in [1.29, 1.82) is 5.26 Å². The quantitative estimate of drug-likeness (QED) is 0.250. The van der Waals surface area contributed by atoms with Crippen LogP contribution in [0.1, 0.15) is 37.7 Å². The van der Waals surface area contributed by atoms with E-state index in [4.69, 9.17) is 27.1 Å². The summed E-state index contributed by atoms with van der Waals surface area (Å²) in [6, 6.07) is 6.22. The second kappa shape index (κ2) is 12.6. The fourth-order valence-corrected chi connectivity index (χ4v) is 10.1. The summed E-state index contributed by atoms with van der Waals surface area (Å²) in [4.78, 5) is 30.2. The smallest absolute Gasteiger partial charge is 0.319 e. The molecule has 4 fully saturated rings. The van der Waals surface area contributed by atoms with E-state index < -0.39 is 23.3 Å². The van der Waals surface area contributed by atoms with Crippen LogP contribution in [-0.4, -0.2) is 109 Å². The Balaban J connectivity index is 1.22. The number of likely N-dealkylation sites (tertiary alicyclic amines) is 1. The predicted octanol–water partition coefficient (Wildman–Crippen LogP) is 5.84. The van der Waals surface area contributed by atoms with Crippen LogP contribution >= 0.6 is 22.9 Å². The second-order valence-electron chi connectivity index (χ2n) is 14.9. The van der Waals surface area contributed by atoms with E-state index in [2.05, 4.69) is 14.8 Å². The molecule has 4 saturated heterocycles. The lowest BCUT2D eigenvalue weighted by molar-refractivity contribution is -0.144. The molecule has 0 saturated carbocycles. The third-order valence-electron chi connectivity index (χ3n) is 11.1. The lowest BCUT2D eigenvalue weighted by Crippen LogP contribution is -2.65. The molecule has 0 bridgehead atoms. The first-order valence-electron chi connectivity index (χ1n) is 17.2. The highest BCUT2D eigenvalue weighted by Crippen LogP contribution is 2.47. The second-order valence-corrected chi connectivity index (χ2v) is 16.4. The highest BCUT2D eigenvalue weighted by molar-refractivity contribution is 7.23. The first-order valence-corrected chi connectivity index (χ1v) is 18.4. The van der Waals surface area contributed by atoms with Crippen molar-refractivity contribution in [1.82, 2.24) is 24.7 Å². The molecule has 0 aliphatic carbocycles. The molecule has 268 valence electrons. The van der Waals surface area contributed by atoms with Crippen molar-refractivity contribution in [3.63, 3.8) is 0 Å². The Bertz CT molecular complexity index is 2120. The van der Waals surface area contributed by atoms with Crippen molar-refractivity contribution in [2.75, 3.05) is 77.1 Å². The molecule has 4 aliphatic heterocycles. The zero-order valence-electron chi connectivity index (χ0n) is 28.4. The van der Waals surface area contributed by atoms with E-state index in [-0.39, 0.29) is 66.3 Å². The molecule has 4 aromatic rings. The van der Waals surface area contributed by atoms with Gasteiger partial charge in [0.05, 0.1) is 27.4 Å². The first-order chi connectivity index (χ1) is 24.4. The zero-order chi connectivity index (χ0) is 35.8. The van der Waals surface area contributed by atoms with Crippen LogP contribution < -0.4 is 15.4 Å². The molecule has 2 aromatic heterocycles. The minimum absolute atomic E-state index is 0.0361. The number of thiophene rings is 1. The minimum Gasteiger partial charge on any atom is -0.461 e. The number of carbonyl (C=O) groups excluding carboxylic acids is 1. The van der Waals surface area contributed by atoms with E-state index in [0.29, 0.717) is 56.9 Å². The molecule has 10 nitrogen and oxygen atoms in total. The number of ether oxygens (including phenoxy) is 1. The molecule has 2 N–H and O–H groups in total.